The molecule has 1 aromatic carbocycles. The first-order valence-corrected chi connectivity index (χ1v) is 4.87. The monoisotopic (exact) mass is 205 g/mol. The zero-order valence-corrected chi connectivity index (χ0v) is 8.54. The predicted molar refractivity (Wildman–Crippen MR) is 61.2 cm³/mol. The Balaban J connectivity index is 2.79. The summed E-state index contributed by atoms with van der Waals surface area (Å²) in [7, 11) is 0. The Morgan fingerprint density at radius 1 is 1.50 bits per heavy atom. The van der Waals surface area contributed by atoms with Crippen LogP contribution in [0.5, 0.6) is 0 Å². The first-order valence-electron chi connectivity index (χ1n) is 4.24. The van der Waals surface area contributed by atoms with Gasteiger partial charge in [-0.2, -0.15) is 12.6 Å². The average molecular weight is 205 g/mol. The summed E-state index contributed by atoms with van der Waals surface area (Å²) >= 11 is 4.06. The van der Waals surface area contributed by atoms with Crippen molar-refractivity contribution >= 4 is 18.8 Å². The van der Waals surface area contributed by atoms with Gasteiger partial charge < -0.3 is 5.21 Å². The normalized spacial score (nSPS) is 9.79. The lowest BCUT2D eigenvalue weighted by atomic mass is 10.1. The highest BCUT2D eigenvalue weighted by atomic mass is 32.1. The number of benzene rings is 1. The van der Waals surface area contributed by atoms with Crippen LogP contribution >= 0.6 is 12.6 Å². The smallest absolute Gasteiger partial charge is 0.0734 e. The van der Waals surface area contributed by atoms with Crippen molar-refractivity contribution < 1.29 is 5.21 Å². The van der Waals surface area contributed by atoms with Gasteiger partial charge in [-0.25, -0.2) is 0 Å². The Labute approximate surface area is 89.1 Å². The van der Waals surface area contributed by atoms with Crippen LogP contribution in [0.25, 0.3) is 0 Å². The average Bonchev–Trinajstić information content (AvgIpc) is 2.19. The number of hydrogen-bond donors (Lipinski definition) is 2. The first-order chi connectivity index (χ1) is 6.86. The largest absolute Gasteiger partial charge is 0.411 e. The molecule has 14 heavy (non-hydrogen) atoms. The minimum atomic E-state index is 0.769. The van der Waals surface area contributed by atoms with E-state index in [9.17, 15) is 0 Å². The van der Waals surface area contributed by atoms with Gasteiger partial charge in [-0.1, -0.05) is 29.1 Å². The van der Waals surface area contributed by atoms with Gasteiger partial charge in [0.25, 0.3) is 0 Å². The summed E-state index contributed by atoms with van der Waals surface area (Å²) in [4.78, 5) is 0. The minimum Gasteiger partial charge on any atom is -0.411 e. The van der Waals surface area contributed by atoms with Crippen LogP contribution in [-0.4, -0.2) is 17.2 Å². The number of thiol groups is 1. The zero-order valence-electron chi connectivity index (χ0n) is 7.64. The van der Waals surface area contributed by atoms with Crippen LogP contribution in [0.4, 0.5) is 0 Å². The molecule has 0 saturated heterocycles. The topological polar surface area (TPSA) is 32.6 Å². The van der Waals surface area contributed by atoms with Crippen LogP contribution in [0.1, 0.15) is 17.5 Å². The molecule has 0 fully saturated rings. The van der Waals surface area contributed by atoms with Crippen molar-refractivity contribution in [2.75, 3.05) is 5.75 Å². The fourth-order valence-corrected chi connectivity index (χ4v) is 1.10. The van der Waals surface area contributed by atoms with Crippen LogP contribution in [0, 0.1) is 11.8 Å². The van der Waals surface area contributed by atoms with Crippen molar-refractivity contribution in [2.24, 2.45) is 5.16 Å². The van der Waals surface area contributed by atoms with Crippen molar-refractivity contribution in [1.82, 2.24) is 0 Å². The molecule has 0 aromatic heterocycles. The molecule has 2 nitrogen and oxygen atoms in total. The van der Waals surface area contributed by atoms with E-state index in [0.29, 0.717) is 0 Å². The molecule has 1 rings (SSSR count). The van der Waals surface area contributed by atoms with Gasteiger partial charge in [-0.3, -0.25) is 0 Å². The van der Waals surface area contributed by atoms with Crippen molar-refractivity contribution in [3.05, 3.63) is 35.4 Å². The van der Waals surface area contributed by atoms with E-state index in [-0.39, 0.29) is 0 Å². The second-order valence-electron chi connectivity index (χ2n) is 2.65. The number of rotatable bonds is 2. The summed E-state index contributed by atoms with van der Waals surface area (Å²) in [6, 6.07) is 7.51. The highest BCUT2D eigenvalue weighted by Crippen LogP contribution is 2.01. The van der Waals surface area contributed by atoms with E-state index < -0.39 is 0 Å². The summed E-state index contributed by atoms with van der Waals surface area (Å²) in [6.45, 7) is 0. The molecule has 0 radical (unpaired) electrons. The van der Waals surface area contributed by atoms with Crippen molar-refractivity contribution in [1.29, 1.82) is 0 Å². The lowest BCUT2D eigenvalue weighted by Crippen LogP contribution is -1.82. The van der Waals surface area contributed by atoms with Crippen LogP contribution < -0.4 is 0 Å². The van der Waals surface area contributed by atoms with Crippen molar-refractivity contribution in [2.45, 2.75) is 6.42 Å². The molecule has 72 valence electrons. The molecule has 0 aliphatic rings. The molecular formula is C11H11NOS. The fourth-order valence-electron chi connectivity index (χ4n) is 0.984. The van der Waals surface area contributed by atoms with E-state index >= 15 is 0 Å². The molecular weight excluding hydrogens is 194 g/mol. The van der Waals surface area contributed by atoms with E-state index in [2.05, 4.69) is 29.6 Å². The van der Waals surface area contributed by atoms with Gasteiger partial charge in [0.2, 0.25) is 0 Å². The molecule has 1 aromatic rings. The second-order valence-corrected chi connectivity index (χ2v) is 3.09. The number of nitrogens with zero attached hydrogens (tertiary/aromatic N) is 1. The second kappa shape index (κ2) is 6.11. The number of hydrogen-bond acceptors (Lipinski definition) is 3. The van der Waals surface area contributed by atoms with Crippen LogP contribution in [0.2, 0.25) is 0 Å². The Hall–Kier alpha value is -1.40. The minimum absolute atomic E-state index is 0.769. The van der Waals surface area contributed by atoms with E-state index in [4.69, 9.17) is 5.21 Å². The van der Waals surface area contributed by atoms with Crippen molar-refractivity contribution in [3.63, 3.8) is 0 Å². The van der Waals surface area contributed by atoms with Gasteiger partial charge in [0, 0.05) is 17.7 Å². The quantitative estimate of drug-likeness (QED) is 0.250. The maximum atomic E-state index is 8.35. The van der Waals surface area contributed by atoms with Gasteiger partial charge in [0.1, 0.15) is 0 Å². The molecule has 0 bridgehead atoms. The number of oxime groups is 1. The third-order valence-electron chi connectivity index (χ3n) is 1.56. The highest BCUT2D eigenvalue weighted by Gasteiger charge is 1.89. The Kier molecular flexibility index (Phi) is 4.66. The van der Waals surface area contributed by atoms with Gasteiger partial charge in [0.15, 0.2) is 0 Å². The predicted octanol–water partition coefficient (Wildman–Crippen LogP) is 2.17. The summed E-state index contributed by atoms with van der Waals surface area (Å²) in [5.41, 5.74) is 1.76. The van der Waals surface area contributed by atoms with Gasteiger partial charge >= 0.3 is 0 Å². The molecule has 1 N–H and O–H groups in total. The van der Waals surface area contributed by atoms with Crippen LogP contribution in [0.3, 0.4) is 0 Å². The fraction of sp³-hybridized carbons (Fsp3) is 0.182. The summed E-state index contributed by atoms with van der Waals surface area (Å²) < 4.78 is 0. The van der Waals surface area contributed by atoms with Crippen molar-refractivity contribution in [3.8, 4) is 11.8 Å². The molecule has 3 heteroatoms. The standard InChI is InChI=1S/C11H11NOS/c13-12-9-11-6-3-5-10(8-11)4-1-2-7-14/h3,5-6,8-9,13-14H,2,7H2. The van der Waals surface area contributed by atoms with E-state index in [1.807, 2.05) is 24.3 Å². The van der Waals surface area contributed by atoms with E-state index in [1.54, 1.807) is 0 Å². The molecule has 0 aliphatic carbocycles. The maximum Gasteiger partial charge on any atom is 0.0734 e. The lowest BCUT2D eigenvalue weighted by molar-refractivity contribution is 0.322. The molecule has 0 atom stereocenters. The highest BCUT2D eigenvalue weighted by molar-refractivity contribution is 7.80. The lowest BCUT2D eigenvalue weighted by Gasteiger charge is -1.92. The Morgan fingerprint density at radius 2 is 2.36 bits per heavy atom. The molecule has 0 aliphatic heterocycles. The van der Waals surface area contributed by atoms with E-state index in [1.165, 1.54) is 6.21 Å². The Bertz CT molecular complexity index is 376. The van der Waals surface area contributed by atoms with Gasteiger partial charge in [-0.05, 0) is 17.7 Å². The first kappa shape index (κ1) is 10.7. The molecule has 0 spiro atoms. The van der Waals surface area contributed by atoms with Gasteiger partial charge in [0.05, 0.1) is 6.21 Å². The third kappa shape index (κ3) is 3.55. The molecule has 0 unspecified atom stereocenters. The zero-order chi connectivity index (χ0) is 10.2. The molecule has 0 saturated carbocycles. The summed E-state index contributed by atoms with van der Waals surface area (Å²) in [5, 5.41) is 11.3. The van der Waals surface area contributed by atoms with Gasteiger partial charge in [-0.15, -0.1) is 0 Å². The third-order valence-corrected chi connectivity index (χ3v) is 1.79. The van der Waals surface area contributed by atoms with E-state index in [0.717, 1.165) is 23.3 Å². The molecule has 0 amide bonds. The van der Waals surface area contributed by atoms with Crippen LogP contribution in [0.15, 0.2) is 29.4 Å². The summed E-state index contributed by atoms with van der Waals surface area (Å²) in [5.74, 6) is 6.76. The molecule has 0 heterocycles. The SMILES string of the molecule is ON=Cc1cccc(C#CCCS)c1. The van der Waals surface area contributed by atoms with Crippen LogP contribution in [-0.2, 0) is 0 Å². The maximum absolute atomic E-state index is 8.35. The Morgan fingerprint density at radius 3 is 3.07 bits per heavy atom. The summed E-state index contributed by atoms with van der Waals surface area (Å²) in [6.07, 6.45) is 2.16.